The van der Waals surface area contributed by atoms with Crippen molar-refractivity contribution in [2.24, 2.45) is 0 Å². The maximum atomic E-state index is 12.2. The number of fused-ring (bicyclic) bond motifs is 1. The Morgan fingerprint density at radius 1 is 1.14 bits per heavy atom. The molecule has 0 saturated carbocycles. The molecule has 0 aliphatic carbocycles. The fraction of sp³-hybridized carbons (Fsp3) is 0.167. The van der Waals surface area contributed by atoms with Crippen LogP contribution in [-0.4, -0.2) is 5.78 Å². The second-order valence-corrected chi connectivity index (χ2v) is 5.58. The summed E-state index contributed by atoms with van der Waals surface area (Å²) in [4.78, 5) is 12.2. The molecule has 0 N–H and O–H groups in total. The van der Waals surface area contributed by atoms with Gasteiger partial charge in [0.05, 0.1) is 5.02 Å². The summed E-state index contributed by atoms with van der Waals surface area (Å²) in [6, 6.07) is 15.5. The van der Waals surface area contributed by atoms with Crippen molar-refractivity contribution in [1.82, 2.24) is 0 Å². The van der Waals surface area contributed by atoms with Crippen LogP contribution < -0.4 is 0 Å². The topological polar surface area (TPSA) is 30.2 Å². The van der Waals surface area contributed by atoms with Crippen molar-refractivity contribution in [3.63, 3.8) is 0 Å². The van der Waals surface area contributed by atoms with Gasteiger partial charge in [-0.3, -0.25) is 4.79 Å². The maximum absolute atomic E-state index is 12.2. The van der Waals surface area contributed by atoms with E-state index >= 15 is 0 Å². The number of carbonyl (C=O) groups excluding carboxylic acids is 1. The Morgan fingerprint density at radius 2 is 1.90 bits per heavy atom. The predicted molar refractivity (Wildman–Crippen MR) is 85.1 cm³/mol. The molecular weight excluding hydrogens is 284 g/mol. The van der Waals surface area contributed by atoms with Crippen molar-refractivity contribution < 1.29 is 9.21 Å². The zero-order chi connectivity index (χ0) is 14.8. The maximum Gasteiger partial charge on any atom is 0.198 e. The highest BCUT2D eigenvalue weighted by atomic mass is 35.5. The van der Waals surface area contributed by atoms with Crippen LogP contribution in [0, 0.1) is 6.92 Å². The second-order valence-electron chi connectivity index (χ2n) is 5.18. The number of rotatable bonds is 4. The summed E-state index contributed by atoms with van der Waals surface area (Å²) in [5, 5.41) is 1.39. The first kappa shape index (κ1) is 13.9. The van der Waals surface area contributed by atoms with Crippen LogP contribution in [-0.2, 0) is 6.42 Å². The number of furan rings is 1. The molecule has 0 aliphatic rings. The van der Waals surface area contributed by atoms with E-state index in [1.807, 2.05) is 19.1 Å². The third kappa shape index (κ3) is 3.01. The van der Waals surface area contributed by atoms with Crippen LogP contribution in [0.25, 0.3) is 11.0 Å². The normalized spacial score (nSPS) is 11.0. The Labute approximate surface area is 128 Å². The molecule has 0 unspecified atom stereocenters. The monoisotopic (exact) mass is 298 g/mol. The quantitative estimate of drug-likeness (QED) is 0.619. The molecule has 0 saturated heterocycles. The number of hydrogen-bond donors (Lipinski definition) is 0. The highest BCUT2D eigenvalue weighted by Gasteiger charge is 2.13. The second kappa shape index (κ2) is 5.74. The first-order valence-electron chi connectivity index (χ1n) is 6.90. The molecule has 0 radical (unpaired) electrons. The lowest BCUT2D eigenvalue weighted by molar-refractivity contribution is 0.0958. The Balaban J connectivity index is 1.75. The smallest absolute Gasteiger partial charge is 0.198 e. The van der Waals surface area contributed by atoms with E-state index in [9.17, 15) is 4.79 Å². The zero-order valence-electron chi connectivity index (χ0n) is 11.7. The van der Waals surface area contributed by atoms with Gasteiger partial charge in [0.1, 0.15) is 0 Å². The average molecular weight is 299 g/mol. The molecule has 3 heteroatoms. The predicted octanol–water partition coefficient (Wildman–Crippen LogP) is 5.21. The summed E-state index contributed by atoms with van der Waals surface area (Å²) in [6.07, 6.45) is 1.14. The van der Waals surface area contributed by atoms with E-state index in [4.69, 9.17) is 16.0 Å². The molecule has 0 atom stereocenters. The number of ketones is 1. The van der Waals surface area contributed by atoms with E-state index in [1.165, 1.54) is 5.56 Å². The highest BCUT2D eigenvalue weighted by molar-refractivity contribution is 6.34. The van der Waals surface area contributed by atoms with Gasteiger partial charge in [-0.15, -0.1) is 0 Å². The summed E-state index contributed by atoms with van der Waals surface area (Å²) in [5.74, 6) is 0.382. The minimum absolute atomic E-state index is 0.00263. The minimum atomic E-state index is 0.00263. The average Bonchev–Trinajstić information content (AvgIpc) is 2.92. The van der Waals surface area contributed by atoms with Crippen LogP contribution in [0.15, 0.2) is 52.9 Å². The molecule has 0 amide bonds. The molecule has 0 bridgehead atoms. The SMILES string of the molecule is Cc1ccc(CCC(=O)c2cc3cccc(Cl)c3o2)cc1. The van der Waals surface area contributed by atoms with Gasteiger partial charge >= 0.3 is 0 Å². The summed E-state index contributed by atoms with van der Waals surface area (Å²) in [5.41, 5.74) is 2.96. The van der Waals surface area contributed by atoms with Gasteiger partial charge in [0.2, 0.25) is 0 Å². The van der Waals surface area contributed by atoms with Crippen molar-refractivity contribution in [3.8, 4) is 0 Å². The molecule has 106 valence electrons. The van der Waals surface area contributed by atoms with E-state index in [-0.39, 0.29) is 5.78 Å². The first-order chi connectivity index (χ1) is 10.1. The highest BCUT2D eigenvalue weighted by Crippen LogP contribution is 2.27. The van der Waals surface area contributed by atoms with Gasteiger partial charge in [0.15, 0.2) is 17.1 Å². The lowest BCUT2D eigenvalue weighted by Gasteiger charge is -2.00. The number of benzene rings is 2. The van der Waals surface area contributed by atoms with Gasteiger partial charge in [0.25, 0.3) is 0 Å². The van der Waals surface area contributed by atoms with E-state index in [0.29, 0.717) is 29.2 Å². The first-order valence-corrected chi connectivity index (χ1v) is 7.28. The van der Waals surface area contributed by atoms with Crippen molar-refractivity contribution in [2.45, 2.75) is 19.8 Å². The number of para-hydroxylation sites is 1. The summed E-state index contributed by atoms with van der Waals surface area (Å²) in [6.45, 7) is 2.05. The van der Waals surface area contributed by atoms with Gasteiger partial charge in [-0.05, 0) is 31.0 Å². The molecule has 2 nitrogen and oxygen atoms in total. The summed E-state index contributed by atoms with van der Waals surface area (Å²) >= 11 is 6.06. The van der Waals surface area contributed by atoms with Crippen LogP contribution in [0.3, 0.4) is 0 Å². The van der Waals surface area contributed by atoms with E-state index in [2.05, 4.69) is 24.3 Å². The zero-order valence-corrected chi connectivity index (χ0v) is 12.5. The summed E-state index contributed by atoms with van der Waals surface area (Å²) < 4.78 is 5.59. The Kier molecular flexibility index (Phi) is 3.80. The molecule has 21 heavy (non-hydrogen) atoms. The van der Waals surface area contributed by atoms with E-state index in [1.54, 1.807) is 12.1 Å². The fourth-order valence-corrected chi connectivity index (χ4v) is 2.52. The van der Waals surface area contributed by atoms with Crippen molar-refractivity contribution in [3.05, 3.63) is 70.4 Å². The van der Waals surface area contributed by atoms with Crippen LogP contribution in [0.1, 0.15) is 28.1 Å². The number of hydrogen-bond acceptors (Lipinski definition) is 2. The molecule has 0 fully saturated rings. The lowest BCUT2D eigenvalue weighted by atomic mass is 10.1. The van der Waals surface area contributed by atoms with E-state index < -0.39 is 0 Å². The van der Waals surface area contributed by atoms with Crippen LogP contribution >= 0.6 is 11.6 Å². The number of Topliss-reactive ketones (excluding diaryl/α,β-unsaturated/α-hetero) is 1. The molecular formula is C18H15ClO2. The molecule has 2 aromatic carbocycles. The molecule has 1 heterocycles. The molecule has 0 aliphatic heterocycles. The number of halogens is 1. The Bertz CT molecular complexity index is 785. The largest absolute Gasteiger partial charge is 0.451 e. The molecule has 1 aromatic heterocycles. The van der Waals surface area contributed by atoms with Gasteiger partial charge in [-0.1, -0.05) is 53.6 Å². The molecule has 3 rings (SSSR count). The van der Waals surface area contributed by atoms with Gasteiger partial charge in [0, 0.05) is 11.8 Å². The van der Waals surface area contributed by atoms with E-state index in [0.717, 1.165) is 10.9 Å². The van der Waals surface area contributed by atoms with Crippen molar-refractivity contribution in [1.29, 1.82) is 0 Å². The van der Waals surface area contributed by atoms with Gasteiger partial charge < -0.3 is 4.42 Å². The third-order valence-electron chi connectivity index (χ3n) is 3.53. The Morgan fingerprint density at radius 3 is 2.62 bits per heavy atom. The minimum Gasteiger partial charge on any atom is -0.451 e. The Hall–Kier alpha value is -2.06. The third-order valence-corrected chi connectivity index (χ3v) is 3.83. The fourth-order valence-electron chi connectivity index (χ4n) is 2.30. The standard InChI is InChI=1S/C18H15ClO2/c1-12-5-7-13(8-6-12)9-10-16(20)17-11-14-3-2-4-15(19)18(14)21-17/h2-8,11H,9-10H2,1H3. The summed E-state index contributed by atoms with van der Waals surface area (Å²) in [7, 11) is 0. The number of carbonyl (C=O) groups is 1. The van der Waals surface area contributed by atoms with Crippen LogP contribution in [0.4, 0.5) is 0 Å². The van der Waals surface area contributed by atoms with Crippen molar-refractivity contribution in [2.75, 3.05) is 0 Å². The van der Waals surface area contributed by atoms with Gasteiger partial charge in [-0.25, -0.2) is 0 Å². The van der Waals surface area contributed by atoms with Gasteiger partial charge in [-0.2, -0.15) is 0 Å². The lowest BCUT2D eigenvalue weighted by Crippen LogP contribution is -1.99. The van der Waals surface area contributed by atoms with Crippen LogP contribution in [0.2, 0.25) is 5.02 Å². The van der Waals surface area contributed by atoms with Crippen molar-refractivity contribution >= 4 is 28.4 Å². The van der Waals surface area contributed by atoms with Crippen LogP contribution in [0.5, 0.6) is 0 Å². The number of aryl methyl sites for hydroxylation is 2. The molecule has 0 spiro atoms. The molecule has 3 aromatic rings.